The van der Waals surface area contributed by atoms with E-state index in [-0.39, 0.29) is 36.2 Å². The molecule has 6 rings (SSSR count). The third-order valence-corrected chi connectivity index (χ3v) is 8.31. The van der Waals surface area contributed by atoms with Gasteiger partial charge in [0.05, 0.1) is 22.4 Å². The third-order valence-electron chi connectivity index (χ3n) is 7.06. The van der Waals surface area contributed by atoms with Crippen LogP contribution in [0.1, 0.15) is 22.8 Å². The number of carbonyl (C=O) groups excluding carboxylic acids is 2. The molecule has 11 heteroatoms. The summed E-state index contributed by atoms with van der Waals surface area (Å²) in [5.41, 5.74) is 3.74. The molecule has 0 saturated carbocycles. The topological polar surface area (TPSA) is 94.9 Å². The number of hydrogen-bond acceptors (Lipinski definition) is 7. The molecule has 42 heavy (non-hydrogen) atoms. The number of amides is 2. The fraction of sp³-hybridized carbons (Fsp3) is 0.258. The maximum absolute atomic E-state index is 14.0. The molecular formula is C31H29FN4O5S. The van der Waals surface area contributed by atoms with Crippen molar-refractivity contribution in [3.05, 3.63) is 89.7 Å². The zero-order valence-corrected chi connectivity index (χ0v) is 23.7. The van der Waals surface area contributed by atoms with Crippen LogP contribution in [0.2, 0.25) is 0 Å². The van der Waals surface area contributed by atoms with Crippen molar-refractivity contribution in [1.29, 1.82) is 0 Å². The van der Waals surface area contributed by atoms with E-state index in [0.29, 0.717) is 48.3 Å². The van der Waals surface area contributed by atoms with E-state index in [0.717, 1.165) is 16.7 Å². The molecule has 9 nitrogen and oxygen atoms in total. The van der Waals surface area contributed by atoms with Gasteiger partial charge in [-0.05, 0) is 48.4 Å². The monoisotopic (exact) mass is 588 g/mol. The van der Waals surface area contributed by atoms with Crippen LogP contribution in [0.4, 0.5) is 10.2 Å². The second kappa shape index (κ2) is 12.3. The van der Waals surface area contributed by atoms with Gasteiger partial charge in [0.25, 0.3) is 0 Å². The van der Waals surface area contributed by atoms with Crippen molar-refractivity contribution < 1.29 is 28.2 Å². The molecule has 1 N–H and O–H groups in total. The number of fused-ring (bicyclic) bond motifs is 2. The van der Waals surface area contributed by atoms with Crippen molar-refractivity contribution in [2.24, 2.45) is 0 Å². The van der Waals surface area contributed by atoms with E-state index in [9.17, 15) is 14.0 Å². The van der Waals surface area contributed by atoms with Crippen molar-refractivity contribution in [2.45, 2.75) is 11.7 Å². The number of nitrogens with one attached hydrogen (secondary N) is 1. The molecule has 0 spiro atoms. The van der Waals surface area contributed by atoms with Crippen LogP contribution in [0, 0.1) is 5.82 Å². The van der Waals surface area contributed by atoms with E-state index >= 15 is 0 Å². The van der Waals surface area contributed by atoms with E-state index in [1.54, 1.807) is 23.9 Å². The lowest BCUT2D eigenvalue weighted by Gasteiger charge is -2.23. The first kappa shape index (κ1) is 27.8. The Bertz CT molecular complexity index is 1600. The number of aromatic nitrogens is 2. The van der Waals surface area contributed by atoms with Gasteiger partial charge in [-0.2, -0.15) is 5.10 Å². The number of halogens is 1. The van der Waals surface area contributed by atoms with Crippen molar-refractivity contribution >= 4 is 29.4 Å². The Balaban J connectivity index is 1.53. The second-order valence-electron chi connectivity index (χ2n) is 9.82. The first-order chi connectivity index (χ1) is 20.5. The van der Waals surface area contributed by atoms with Gasteiger partial charge >= 0.3 is 0 Å². The predicted molar refractivity (Wildman–Crippen MR) is 158 cm³/mol. The number of benzene rings is 3. The van der Waals surface area contributed by atoms with E-state index in [2.05, 4.69) is 5.32 Å². The van der Waals surface area contributed by atoms with Crippen LogP contribution in [-0.2, 0) is 14.3 Å². The summed E-state index contributed by atoms with van der Waals surface area (Å²) >= 11 is 1.46. The highest BCUT2D eigenvalue weighted by Crippen LogP contribution is 2.50. The Morgan fingerprint density at radius 3 is 2.67 bits per heavy atom. The first-order valence-corrected chi connectivity index (χ1v) is 14.6. The fourth-order valence-electron chi connectivity index (χ4n) is 5.07. The molecule has 2 aliphatic rings. The lowest BCUT2D eigenvalue weighted by molar-refractivity contribution is -0.122. The van der Waals surface area contributed by atoms with Gasteiger partial charge in [0.15, 0.2) is 11.5 Å². The third kappa shape index (κ3) is 5.57. The van der Waals surface area contributed by atoms with Gasteiger partial charge in [0, 0.05) is 31.4 Å². The zero-order chi connectivity index (χ0) is 29.1. The normalized spacial score (nSPS) is 15.8. The summed E-state index contributed by atoms with van der Waals surface area (Å²) in [5, 5.41) is 7.56. The second-order valence-corrected chi connectivity index (χ2v) is 10.9. The number of carbonyl (C=O) groups is 2. The highest BCUT2D eigenvalue weighted by atomic mass is 32.2. The maximum Gasteiger partial charge on any atom is 0.240 e. The summed E-state index contributed by atoms with van der Waals surface area (Å²) in [6, 6.07) is 21.4. The smallest absolute Gasteiger partial charge is 0.240 e. The van der Waals surface area contributed by atoms with Crippen LogP contribution >= 0.6 is 11.8 Å². The Morgan fingerprint density at radius 1 is 1.10 bits per heavy atom. The molecule has 2 amide bonds. The van der Waals surface area contributed by atoms with E-state index in [1.807, 2.05) is 48.5 Å². The van der Waals surface area contributed by atoms with Gasteiger partial charge in [0.1, 0.15) is 18.2 Å². The molecule has 2 aliphatic heterocycles. The van der Waals surface area contributed by atoms with Crippen molar-refractivity contribution in [3.8, 4) is 28.4 Å². The van der Waals surface area contributed by atoms with Crippen LogP contribution < -0.4 is 19.7 Å². The quantitative estimate of drug-likeness (QED) is 0.283. The molecule has 0 radical (unpaired) electrons. The van der Waals surface area contributed by atoms with Crippen LogP contribution in [0.25, 0.3) is 16.9 Å². The van der Waals surface area contributed by atoms with Gasteiger partial charge in [-0.25, -0.2) is 9.07 Å². The van der Waals surface area contributed by atoms with Crippen LogP contribution in [0.15, 0.2) is 72.8 Å². The number of ether oxygens (including phenoxy) is 3. The SMILES string of the molecule is COCCCNC(=O)CN1C(=O)CS[C@@H](c2ccc3c(c2)OCO3)c2c(-c3ccccc3)nn(-c3ccc(F)cc3)c21. The van der Waals surface area contributed by atoms with Crippen LogP contribution in [0.5, 0.6) is 11.5 Å². The number of rotatable bonds is 9. The van der Waals surface area contributed by atoms with Gasteiger partial charge in [0.2, 0.25) is 18.6 Å². The minimum atomic E-state index is -0.391. The highest BCUT2D eigenvalue weighted by molar-refractivity contribution is 8.00. The Labute approximate surface area is 246 Å². The fourth-order valence-corrected chi connectivity index (χ4v) is 6.26. The molecule has 0 fully saturated rings. The summed E-state index contributed by atoms with van der Waals surface area (Å²) in [5.74, 6) is 0.949. The average molecular weight is 589 g/mol. The first-order valence-electron chi connectivity index (χ1n) is 13.5. The van der Waals surface area contributed by atoms with E-state index < -0.39 is 5.82 Å². The number of methoxy groups -OCH3 is 1. The molecule has 1 atom stereocenters. The Kier molecular flexibility index (Phi) is 8.11. The summed E-state index contributed by atoms with van der Waals surface area (Å²) < 4.78 is 31.9. The number of hydrogen-bond donors (Lipinski definition) is 1. The molecule has 0 saturated heterocycles. The van der Waals surface area contributed by atoms with E-state index in [4.69, 9.17) is 19.3 Å². The molecular weight excluding hydrogens is 559 g/mol. The Morgan fingerprint density at radius 2 is 1.88 bits per heavy atom. The van der Waals surface area contributed by atoms with Gasteiger partial charge in [-0.15, -0.1) is 11.8 Å². The summed E-state index contributed by atoms with van der Waals surface area (Å²) in [4.78, 5) is 28.4. The predicted octanol–water partition coefficient (Wildman–Crippen LogP) is 4.73. The number of nitrogens with zero attached hydrogens (tertiary/aromatic N) is 3. The molecule has 0 aliphatic carbocycles. The lowest BCUT2D eigenvalue weighted by Crippen LogP contribution is -2.42. The number of thioether (sulfide) groups is 1. The standard InChI is InChI=1S/C31H29FN4O5S/c1-39-15-5-14-33-26(37)17-35-27(38)18-42-30(21-8-13-24-25(16-21)41-19-40-24)28-29(20-6-3-2-4-7-20)34-36(31(28)35)23-11-9-22(32)10-12-23/h2-4,6-13,16,30H,5,14-15,17-19H2,1H3,(H,33,37)/t30-/m0/s1. The van der Waals surface area contributed by atoms with Crippen LogP contribution in [-0.4, -0.2) is 60.9 Å². The molecule has 3 heterocycles. The van der Waals surface area contributed by atoms with Crippen molar-refractivity contribution in [3.63, 3.8) is 0 Å². The zero-order valence-electron chi connectivity index (χ0n) is 22.9. The van der Waals surface area contributed by atoms with Gasteiger partial charge in [-0.1, -0.05) is 36.4 Å². The summed E-state index contributed by atoms with van der Waals surface area (Å²) in [7, 11) is 1.61. The molecule has 0 unspecified atom stereocenters. The molecule has 0 bridgehead atoms. The van der Waals surface area contributed by atoms with Gasteiger partial charge < -0.3 is 19.5 Å². The minimum Gasteiger partial charge on any atom is -0.454 e. The summed E-state index contributed by atoms with van der Waals surface area (Å²) in [6.07, 6.45) is 0.648. The molecule has 216 valence electrons. The summed E-state index contributed by atoms with van der Waals surface area (Å²) in [6.45, 7) is 0.876. The Hall–Kier alpha value is -4.35. The largest absolute Gasteiger partial charge is 0.454 e. The molecule has 1 aromatic heterocycles. The van der Waals surface area contributed by atoms with E-state index in [1.165, 1.54) is 28.8 Å². The van der Waals surface area contributed by atoms with Crippen LogP contribution in [0.3, 0.4) is 0 Å². The molecule has 3 aromatic carbocycles. The minimum absolute atomic E-state index is 0.127. The molecule has 4 aromatic rings. The highest BCUT2D eigenvalue weighted by Gasteiger charge is 2.38. The maximum atomic E-state index is 14.0. The lowest BCUT2D eigenvalue weighted by atomic mass is 9.99. The average Bonchev–Trinajstić information content (AvgIpc) is 3.61. The van der Waals surface area contributed by atoms with Crippen molar-refractivity contribution in [1.82, 2.24) is 15.1 Å². The number of anilines is 1. The van der Waals surface area contributed by atoms with Crippen molar-refractivity contribution in [2.75, 3.05) is 44.3 Å². The van der Waals surface area contributed by atoms with Gasteiger partial charge in [-0.3, -0.25) is 14.5 Å².